The van der Waals surface area contributed by atoms with Gasteiger partial charge in [0, 0.05) is 57.5 Å². The van der Waals surface area contributed by atoms with Crippen molar-refractivity contribution < 1.29 is 57.7 Å². The Morgan fingerprint density at radius 2 is 1.05 bits per heavy atom. The van der Waals surface area contributed by atoms with E-state index in [-0.39, 0.29) is 71.1 Å². The first-order valence-corrected chi connectivity index (χ1v) is 27.4. The van der Waals surface area contributed by atoms with Gasteiger partial charge in [0.2, 0.25) is 23.0 Å². The fourth-order valence-electron chi connectivity index (χ4n) is 9.21. The van der Waals surface area contributed by atoms with Crippen LogP contribution in [-0.4, -0.2) is 151 Å². The van der Waals surface area contributed by atoms with Gasteiger partial charge in [-0.25, -0.2) is 14.4 Å². The van der Waals surface area contributed by atoms with E-state index in [4.69, 9.17) is 46.1 Å². The number of amides is 4. The van der Waals surface area contributed by atoms with Gasteiger partial charge in [-0.3, -0.25) is 38.7 Å². The summed E-state index contributed by atoms with van der Waals surface area (Å²) >= 11 is 19.6. The van der Waals surface area contributed by atoms with Gasteiger partial charge in [-0.15, -0.1) is 0 Å². The van der Waals surface area contributed by atoms with E-state index in [2.05, 4.69) is 37.9 Å². The van der Waals surface area contributed by atoms with Gasteiger partial charge in [-0.1, -0.05) is 85.2 Å². The number of likely N-dealkylation sites (tertiary alicyclic amines) is 1. The van der Waals surface area contributed by atoms with Gasteiger partial charge in [0.15, 0.2) is 5.78 Å². The highest BCUT2D eigenvalue weighted by Gasteiger charge is 2.46. The van der Waals surface area contributed by atoms with E-state index >= 15 is 0 Å². The van der Waals surface area contributed by atoms with Crippen LogP contribution in [0.1, 0.15) is 111 Å². The maximum absolute atomic E-state index is 12.7. The molecule has 20 nitrogen and oxygen atoms in total. The molecule has 3 aromatic rings. The number of carboxylic acids is 1. The minimum absolute atomic E-state index is 0.0517. The van der Waals surface area contributed by atoms with Gasteiger partial charge in [0.25, 0.3) is 5.91 Å². The number of benzene rings is 3. The first-order chi connectivity index (χ1) is 37.9. The number of hydrogen-bond donors (Lipinski definition) is 5. The van der Waals surface area contributed by atoms with E-state index in [1.807, 2.05) is 50.2 Å². The van der Waals surface area contributed by atoms with Crippen molar-refractivity contribution in [3.63, 3.8) is 0 Å². The number of hydrogen-bond acceptors (Lipinski definition) is 15. The smallest absolute Gasteiger partial charge is 0.328 e. The van der Waals surface area contributed by atoms with Gasteiger partial charge in [-0.2, -0.15) is 0 Å². The van der Waals surface area contributed by atoms with Crippen LogP contribution in [0, 0.1) is 0 Å². The molecule has 24 heteroatoms. The van der Waals surface area contributed by atoms with E-state index in [1.165, 1.54) is 35.0 Å². The number of ketones is 1. The van der Waals surface area contributed by atoms with E-state index in [0.717, 1.165) is 22.3 Å². The third-order valence-corrected chi connectivity index (χ3v) is 13.2. The number of nitrogens with one attached hydrogen (secondary N) is 4. The van der Waals surface area contributed by atoms with Crippen molar-refractivity contribution in [1.29, 1.82) is 0 Å². The Bertz CT molecular complexity index is 2780. The van der Waals surface area contributed by atoms with E-state index < -0.39 is 42.2 Å². The molecule has 440 valence electrons. The molecule has 2 fully saturated rings. The number of halogens is 1. The molecule has 9 atom stereocenters. The Kier molecular flexibility index (Phi) is 29.1. The Morgan fingerprint density at radius 3 is 1.41 bits per heavy atom. The lowest BCUT2D eigenvalue weighted by Crippen LogP contribution is -2.41. The average molecular weight is 1200 g/mol. The molecule has 2 aliphatic rings. The molecular weight excluding hydrogens is 1120 g/mol. The van der Waals surface area contributed by atoms with Crippen molar-refractivity contribution in [3.05, 3.63) is 95.1 Å². The summed E-state index contributed by atoms with van der Waals surface area (Å²) in [6.45, 7) is 20.0. The average Bonchev–Trinajstić information content (AvgIpc) is 3.78. The van der Waals surface area contributed by atoms with E-state index in [9.17, 15) is 48.3 Å². The zero-order chi connectivity index (χ0) is 61.6. The van der Waals surface area contributed by atoms with Crippen LogP contribution in [-0.2, 0) is 71.9 Å². The summed E-state index contributed by atoms with van der Waals surface area (Å²) in [5.41, 5.74) is 4.88. The number of anilines is 2. The minimum Gasteiger partial charge on any atom is -0.480 e. The summed E-state index contributed by atoms with van der Waals surface area (Å²) in [6.07, 6.45) is 2.36. The Morgan fingerprint density at radius 1 is 0.654 bits per heavy atom. The maximum atomic E-state index is 12.7. The van der Waals surface area contributed by atoms with Crippen molar-refractivity contribution in [2.75, 3.05) is 24.4 Å². The second-order valence-electron chi connectivity index (χ2n) is 19.1. The number of carbonyl (C=O) groups excluding carboxylic acids is 8. The number of ether oxygens (including phenoxy) is 2. The number of thiocarbonyl (C=S) groups is 3. The van der Waals surface area contributed by atoms with Crippen LogP contribution in [0.25, 0.3) is 0 Å². The quantitative estimate of drug-likeness (QED) is 0.0421. The maximum Gasteiger partial charge on any atom is 0.328 e. The van der Waals surface area contributed by atoms with Crippen LogP contribution in [0.5, 0.6) is 0 Å². The highest BCUT2D eigenvalue weighted by Crippen LogP contribution is 2.35. The number of carbonyl (C=O) groups is 9. The third kappa shape index (κ3) is 21.7. The first kappa shape index (κ1) is 70.0. The van der Waals surface area contributed by atoms with Crippen LogP contribution in [0.15, 0.2) is 77.8 Å². The van der Waals surface area contributed by atoms with Crippen molar-refractivity contribution in [3.8, 4) is 0 Å². The van der Waals surface area contributed by atoms with Crippen molar-refractivity contribution in [2.45, 2.75) is 157 Å². The van der Waals surface area contributed by atoms with Gasteiger partial charge in [0.1, 0.15) is 36.4 Å². The zero-order valence-corrected chi connectivity index (χ0v) is 51.4. The number of nitrogens with zero attached hydrogens (tertiary/aromatic N) is 4. The lowest BCUT2D eigenvalue weighted by molar-refractivity contribution is -0.143. The molecule has 0 aliphatic carbocycles. The molecule has 2 heterocycles. The number of carboxylic acid groups (broad SMARTS) is 1. The molecule has 0 spiro atoms. The highest BCUT2D eigenvalue weighted by molar-refractivity contribution is 7.80. The Balaban J connectivity index is 0.000000402. The van der Waals surface area contributed by atoms with Crippen molar-refractivity contribution in [2.24, 2.45) is 4.99 Å². The molecule has 2 saturated heterocycles. The first-order valence-electron chi connectivity index (χ1n) is 25.8. The number of esters is 2. The summed E-state index contributed by atoms with van der Waals surface area (Å²) in [4.78, 5) is 115. The highest BCUT2D eigenvalue weighted by atomic mass is 35.5. The van der Waals surface area contributed by atoms with Crippen LogP contribution in [0.4, 0.5) is 11.4 Å². The second-order valence-corrected chi connectivity index (χ2v) is 21.4. The van der Waals surface area contributed by atoms with Crippen LogP contribution >= 0.6 is 48.3 Å². The molecule has 0 saturated carbocycles. The molecule has 5 rings (SSSR count). The normalized spacial score (nSPS) is 18.6. The SMILES string of the molecule is CC(=O)Cl.CC(=O)N1C(C)C(=O)N(c2ccc(CC(NC(C)=S)C(=O)O)cc2)C1C.CC=NC(C)C(=O)Nc1ccc(CC(NC(C)=S)C(=O)OC)cc1.COC(=O)C(Cc1ccc(C2C(=O)C(C)N(C(C)=O)C2C)cc1)NC(C)=S. The second kappa shape index (κ2) is 33.6. The van der Waals surface area contributed by atoms with Gasteiger partial charge >= 0.3 is 17.9 Å². The molecule has 5 N–H and O–H groups in total. The number of Topliss-reactive ketones (excluding diaryl/α,β-unsaturated/α-hetero) is 1. The van der Waals surface area contributed by atoms with Gasteiger partial charge in [0.05, 0.1) is 41.1 Å². The van der Waals surface area contributed by atoms with E-state index in [0.29, 0.717) is 39.2 Å². The number of aliphatic imine (C=N–C) groups is 1. The van der Waals surface area contributed by atoms with Crippen LogP contribution in [0.2, 0.25) is 0 Å². The van der Waals surface area contributed by atoms with E-state index in [1.54, 1.807) is 106 Å². The van der Waals surface area contributed by atoms with Gasteiger partial charge in [-0.05, 0) is 127 Å². The summed E-state index contributed by atoms with van der Waals surface area (Å²) in [5.74, 6) is -2.57. The molecule has 81 heavy (non-hydrogen) atoms. The van der Waals surface area contributed by atoms with Crippen LogP contribution in [0.3, 0.4) is 0 Å². The fraction of sp³-hybridized carbons (Fsp3) is 0.456. The summed E-state index contributed by atoms with van der Waals surface area (Å²) in [7, 11) is 2.68. The largest absolute Gasteiger partial charge is 0.480 e. The van der Waals surface area contributed by atoms with Crippen molar-refractivity contribution >= 4 is 133 Å². The predicted octanol–water partition coefficient (Wildman–Crippen LogP) is 6.45. The molecule has 4 amide bonds. The number of methoxy groups -OCH3 is 2. The lowest BCUT2D eigenvalue weighted by atomic mass is 9.89. The van der Waals surface area contributed by atoms with Crippen molar-refractivity contribution in [1.82, 2.24) is 25.8 Å². The molecule has 2 aliphatic heterocycles. The standard InChI is InChI=1S/C20H26N2O4S.C18H23N3O4S.C17H23N3O3S.C2H3ClO/c1-11-18(19(24)12(2)22(11)14(4)23)16-8-6-15(7-9-16)10-17(20(25)26-5)21-13(3)27;1-10-17(23)21(12(3)20(10)13(4)22)15-7-5-14(6-8-15)9-16(18(24)25)19-11(2)26;1-5-18-11(2)16(21)20-14-8-6-13(7-9-14)10-15(17(22)23-4)19-12(3)24;1-2(3)4/h6-9,11-12,17-18H,10H2,1-5H3,(H,21,27);5-8,10,12,16H,9H2,1-4H3,(H,19,26)(H,24,25);5-9,11,15H,10H2,1-4H3,(H,19,24)(H,20,21);1H3. The molecular formula is C57H75ClN8O12S3. The number of aliphatic carboxylic acids is 1. The fourth-order valence-corrected chi connectivity index (χ4v) is 9.64. The topological polar surface area (TPSA) is 263 Å². The van der Waals surface area contributed by atoms with Gasteiger partial charge < -0.3 is 45.6 Å². The monoisotopic (exact) mass is 1190 g/mol. The van der Waals surface area contributed by atoms with Crippen LogP contribution < -0.4 is 26.2 Å². The lowest BCUT2D eigenvalue weighted by Gasteiger charge is -2.26. The summed E-state index contributed by atoms with van der Waals surface area (Å²) in [5, 5.41) is 20.3. The molecule has 9 unspecified atom stereocenters. The summed E-state index contributed by atoms with van der Waals surface area (Å²) in [6, 6.07) is 18.5. The summed E-state index contributed by atoms with van der Waals surface area (Å²) < 4.78 is 9.60. The third-order valence-electron chi connectivity index (χ3n) is 12.8. The predicted molar refractivity (Wildman–Crippen MR) is 325 cm³/mol. The number of rotatable bonds is 17. The zero-order valence-electron chi connectivity index (χ0n) is 48.2. The molecule has 3 aromatic carbocycles. The molecule has 0 radical (unpaired) electrons. The Hall–Kier alpha value is -7.08. The molecule has 0 bridgehead atoms. The Labute approximate surface area is 495 Å². The molecule has 0 aromatic heterocycles. The minimum atomic E-state index is -0.979.